The minimum atomic E-state index is -5.08. The number of carbonyl (C=O) groups is 2. The Morgan fingerprint density at radius 1 is 1.22 bits per heavy atom. The number of carbonyl (C=O) groups excluding carboxylic acids is 1. The van der Waals surface area contributed by atoms with Crippen molar-refractivity contribution in [3.8, 4) is 22.8 Å². The van der Waals surface area contributed by atoms with Gasteiger partial charge in [0.05, 0.1) is 29.6 Å². The number of benzene rings is 2. The average molecular weight is 533 g/mol. The summed E-state index contributed by atoms with van der Waals surface area (Å²) in [5.74, 6) is -3.17. The van der Waals surface area contributed by atoms with Gasteiger partial charge in [-0.15, -0.1) is 0 Å². The molecule has 0 radical (unpaired) electrons. The lowest BCUT2D eigenvalue weighted by Gasteiger charge is -2.14. The van der Waals surface area contributed by atoms with Gasteiger partial charge in [-0.3, -0.25) is 9.48 Å². The number of alkyl halides is 3. The van der Waals surface area contributed by atoms with Gasteiger partial charge in [0, 0.05) is 30.9 Å². The molecule has 0 saturated carbocycles. The first kappa shape index (κ1) is 28.4. The van der Waals surface area contributed by atoms with Crippen molar-refractivity contribution in [3.05, 3.63) is 59.0 Å². The summed E-state index contributed by atoms with van der Waals surface area (Å²) in [5.41, 5.74) is 7.11. The van der Waals surface area contributed by atoms with Crippen LogP contribution >= 0.6 is 11.6 Å². The summed E-state index contributed by atoms with van der Waals surface area (Å²) >= 11 is 6.28. The van der Waals surface area contributed by atoms with Crippen LogP contribution in [0.4, 0.5) is 23.2 Å². The Balaban J connectivity index is 0.000000572. The number of halogens is 5. The summed E-state index contributed by atoms with van der Waals surface area (Å²) in [5, 5.41) is 14.4. The molecule has 0 spiro atoms. The third-order valence-corrected chi connectivity index (χ3v) is 4.70. The SMILES string of the molecule is COc1ccc(C(=O)Nc2ccc(OCCN)c(-c3c(Cl)cnn3C)c2)c(F)c1.O=C(O)C(F)(F)F. The van der Waals surface area contributed by atoms with Crippen molar-refractivity contribution in [3.63, 3.8) is 0 Å². The molecule has 9 nitrogen and oxygen atoms in total. The Kier molecular flexibility index (Phi) is 9.64. The Hall–Kier alpha value is -3.84. The first-order valence-electron chi connectivity index (χ1n) is 9.98. The standard InChI is InChI=1S/C20H20ClFN4O3.C2HF3O2/c1-26-19(16(21)11-24-26)15-9-12(3-6-18(15)29-8-7-23)25-20(27)14-5-4-13(28-2)10-17(14)22;3-2(4,5)1(6)7/h3-6,9-11H,7-8,23H2,1-2H3,(H,25,27);(H,6,7). The van der Waals surface area contributed by atoms with E-state index in [4.69, 9.17) is 36.7 Å². The Bertz CT molecular complexity index is 1210. The van der Waals surface area contributed by atoms with Gasteiger partial charge in [-0.1, -0.05) is 11.6 Å². The van der Waals surface area contributed by atoms with Gasteiger partial charge in [0.25, 0.3) is 5.91 Å². The fraction of sp³-hybridized carbons (Fsp3) is 0.227. The molecular formula is C22H21ClF4N4O5. The highest BCUT2D eigenvalue weighted by atomic mass is 35.5. The van der Waals surface area contributed by atoms with Crippen molar-refractivity contribution < 1.29 is 41.7 Å². The molecule has 1 aromatic heterocycles. The molecule has 0 aliphatic carbocycles. The smallest absolute Gasteiger partial charge is 0.490 e. The highest BCUT2D eigenvalue weighted by molar-refractivity contribution is 6.33. The van der Waals surface area contributed by atoms with Gasteiger partial charge in [-0.2, -0.15) is 18.3 Å². The number of anilines is 1. The molecule has 1 heterocycles. The number of carboxylic acids is 1. The van der Waals surface area contributed by atoms with Crippen LogP contribution in [0.5, 0.6) is 11.5 Å². The molecule has 2 aromatic carbocycles. The molecule has 0 saturated heterocycles. The first-order chi connectivity index (χ1) is 16.9. The van der Waals surface area contributed by atoms with Gasteiger partial charge >= 0.3 is 12.1 Å². The van der Waals surface area contributed by atoms with E-state index < -0.39 is 23.9 Å². The number of hydrogen-bond donors (Lipinski definition) is 3. The highest BCUT2D eigenvalue weighted by Gasteiger charge is 2.38. The molecule has 194 valence electrons. The number of amides is 1. The summed E-state index contributed by atoms with van der Waals surface area (Å²) in [6.45, 7) is 0.652. The maximum absolute atomic E-state index is 14.2. The van der Waals surface area contributed by atoms with Gasteiger partial charge in [-0.05, 0) is 30.3 Å². The molecule has 4 N–H and O–H groups in total. The van der Waals surface area contributed by atoms with Crippen molar-refractivity contribution in [1.82, 2.24) is 9.78 Å². The molecule has 1 amide bonds. The number of nitrogens with one attached hydrogen (secondary N) is 1. The van der Waals surface area contributed by atoms with Crippen molar-refractivity contribution in [2.24, 2.45) is 12.8 Å². The lowest BCUT2D eigenvalue weighted by Crippen LogP contribution is -2.21. The van der Waals surface area contributed by atoms with Crippen LogP contribution in [0.15, 0.2) is 42.6 Å². The monoisotopic (exact) mass is 532 g/mol. The predicted molar refractivity (Wildman–Crippen MR) is 123 cm³/mol. The van der Waals surface area contributed by atoms with Crippen molar-refractivity contribution in [2.75, 3.05) is 25.6 Å². The zero-order chi connectivity index (χ0) is 27.0. The summed E-state index contributed by atoms with van der Waals surface area (Å²) in [6, 6.07) is 9.06. The number of aliphatic carboxylic acids is 1. The van der Waals surface area contributed by atoms with Gasteiger partial charge in [0.1, 0.15) is 23.9 Å². The number of nitrogens with zero attached hydrogens (tertiary/aromatic N) is 2. The van der Waals surface area contributed by atoms with Gasteiger partial charge in [0.2, 0.25) is 0 Å². The second kappa shape index (κ2) is 12.2. The molecule has 0 aliphatic heterocycles. The number of methoxy groups -OCH3 is 1. The van der Waals surface area contributed by atoms with Crippen LogP contribution < -0.4 is 20.5 Å². The summed E-state index contributed by atoms with van der Waals surface area (Å²) in [7, 11) is 3.17. The normalized spacial score (nSPS) is 10.8. The van der Waals surface area contributed by atoms with E-state index in [-0.39, 0.29) is 5.56 Å². The quantitative estimate of drug-likeness (QED) is 0.391. The molecule has 0 atom stereocenters. The topological polar surface area (TPSA) is 129 Å². The minimum Gasteiger partial charge on any atom is -0.497 e. The van der Waals surface area contributed by atoms with Crippen molar-refractivity contribution in [2.45, 2.75) is 6.18 Å². The van der Waals surface area contributed by atoms with Gasteiger partial charge < -0.3 is 25.6 Å². The molecule has 36 heavy (non-hydrogen) atoms. The molecule has 0 fully saturated rings. The summed E-state index contributed by atoms with van der Waals surface area (Å²) in [6.07, 6.45) is -3.57. The Labute approximate surface area is 207 Å². The molecule has 3 aromatic rings. The highest BCUT2D eigenvalue weighted by Crippen LogP contribution is 2.36. The van der Waals surface area contributed by atoms with E-state index in [9.17, 15) is 22.4 Å². The zero-order valence-corrected chi connectivity index (χ0v) is 19.7. The molecular weight excluding hydrogens is 512 g/mol. The number of nitrogens with two attached hydrogens (primary N) is 1. The van der Waals surface area contributed by atoms with Crippen LogP contribution in [-0.4, -0.2) is 53.2 Å². The number of aromatic nitrogens is 2. The third-order valence-electron chi connectivity index (χ3n) is 4.43. The van der Waals surface area contributed by atoms with E-state index in [0.29, 0.717) is 46.6 Å². The van der Waals surface area contributed by atoms with Crippen molar-refractivity contribution >= 4 is 29.2 Å². The lowest BCUT2D eigenvalue weighted by molar-refractivity contribution is -0.192. The maximum atomic E-state index is 14.2. The van der Waals surface area contributed by atoms with Crippen LogP contribution in [0, 0.1) is 5.82 Å². The number of hydrogen-bond acceptors (Lipinski definition) is 6. The van der Waals surface area contributed by atoms with Crippen LogP contribution in [0.2, 0.25) is 5.02 Å². The van der Waals surface area contributed by atoms with E-state index in [1.165, 1.54) is 25.4 Å². The largest absolute Gasteiger partial charge is 0.497 e. The molecule has 0 aliphatic rings. The van der Waals surface area contributed by atoms with E-state index in [1.54, 1.807) is 29.9 Å². The van der Waals surface area contributed by atoms with E-state index >= 15 is 0 Å². The molecule has 14 heteroatoms. The second-order valence-corrected chi connectivity index (χ2v) is 7.32. The molecule has 3 rings (SSSR count). The predicted octanol–water partition coefficient (Wildman–Crippen LogP) is 4.11. The second-order valence-electron chi connectivity index (χ2n) is 6.92. The van der Waals surface area contributed by atoms with Gasteiger partial charge in [-0.25, -0.2) is 9.18 Å². The van der Waals surface area contributed by atoms with E-state index in [2.05, 4.69) is 10.4 Å². The Morgan fingerprint density at radius 3 is 2.39 bits per heavy atom. The summed E-state index contributed by atoms with van der Waals surface area (Å²) in [4.78, 5) is 21.4. The third kappa shape index (κ3) is 7.33. The van der Waals surface area contributed by atoms with Crippen LogP contribution in [0.3, 0.4) is 0 Å². The molecule has 0 unspecified atom stereocenters. The van der Waals surface area contributed by atoms with Crippen LogP contribution in [0.25, 0.3) is 11.3 Å². The number of ether oxygens (including phenoxy) is 2. The van der Waals surface area contributed by atoms with Crippen LogP contribution in [-0.2, 0) is 11.8 Å². The fourth-order valence-electron chi connectivity index (χ4n) is 2.81. The number of carboxylic acid groups (broad SMARTS) is 1. The van der Waals surface area contributed by atoms with E-state index in [1.807, 2.05) is 0 Å². The molecule has 0 bridgehead atoms. The van der Waals surface area contributed by atoms with Gasteiger partial charge in [0.15, 0.2) is 0 Å². The fourth-order valence-corrected chi connectivity index (χ4v) is 3.07. The number of rotatable bonds is 7. The minimum absolute atomic E-state index is 0.102. The number of aryl methyl sites for hydroxylation is 1. The zero-order valence-electron chi connectivity index (χ0n) is 18.9. The average Bonchev–Trinajstić information content (AvgIpc) is 3.15. The first-order valence-corrected chi connectivity index (χ1v) is 10.4. The van der Waals surface area contributed by atoms with Crippen molar-refractivity contribution in [1.29, 1.82) is 0 Å². The lowest BCUT2D eigenvalue weighted by atomic mass is 10.1. The summed E-state index contributed by atoms with van der Waals surface area (Å²) < 4.78 is 58.2. The van der Waals surface area contributed by atoms with E-state index in [0.717, 1.165) is 6.07 Å². The maximum Gasteiger partial charge on any atom is 0.490 e. The Morgan fingerprint density at radius 2 is 1.89 bits per heavy atom. The van der Waals surface area contributed by atoms with Crippen LogP contribution in [0.1, 0.15) is 10.4 Å².